The number of carbonyl (C=O) groups is 1. The van der Waals surface area contributed by atoms with Crippen molar-refractivity contribution in [2.24, 2.45) is 0 Å². The summed E-state index contributed by atoms with van der Waals surface area (Å²) in [4.78, 5) is 14.3. The third-order valence-electron chi connectivity index (χ3n) is 4.38. The van der Waals surface area contributed by atoms with Gasteiger partial charge < -0.3 is 4.90 Å². The minimum absolute atomic E-state index is 0.00374. The van der Waals surface area contributed by atoms with Crippen molar-refractivity contribution in [1.29, 1.82) is 0 Å². The number of carbonyl (C=O) groups excluding carboxylic acids is 1. The average Bonchev–Trinajstić information content (AvgIpc) is 3.12. The van der Waals surface area contributed by atoms with Crippen LogP contribution < -0.4 is 4.90 Å². The Kier molecular flexibility index (Phi) is 4.87. The first-order chi connectivity index (χ1) is 11.9. The van der Waals surface area contributed by atoms with Gasteiger partial charge in [0, 0.05) is 19.3 Å². The van der Waals surface area contributed by atoms with Crippen molar-refractivity contribution in [3.63, 3.8) is 0 Å². The number of nitrogens with zero attached hydrogens (tertiary/aromatic N) is 2. The summed E-state index contributed by atoms with van der Waals surface area (Å²) in [5.41, 5.74) is 0.707. The average molecular weight is 362 g/mol. The van der Waals surface area contributed by atoms with Gasteiger partial charge in [-0.3, -0.25) is 4.79 Å². The molecular weight excluding hydrogens is 343 g/mol. The van der Waals surface area contributed by atoms with Crippen molar-refractivity contribution < 1.29 is 17.6 Å². The van der Waals surface area contributed by atoms with Gasteiger partial charge in [-0.15, -0.1) is 0 Å². The fourth-order valence-corrected chi connectivity index (χ4v) is 4.67. The molecule has 1 fully saturated rings. The number of likely N-dealkylation sites (N-methyl/N-ethyl adjacent to an activating group) is 1. The molecule has 1 unspecified atom stereocenters. The molecule has 0 bridgehead atoms. The van der Waals surface area contributed by atoms with Gasteiger partial charge in [0.15, 0.2) is 0 Å². The van der Waals surface area contributed by atoms with Crippen LogP contribution in [0, 0.1) is 5.82 Å². The van der Waals surface area contributed by atoms with E-state index in [9.17, 15) is 17.6 Å². The third-order valence-corrected chi connectivity index (χ3v) is 6.31. The minimum Gasteiger partial charge on any atom is -0.314 e. The fourth-order valence-electron chi connectivity index (χ4n) is 3.02. The first kappa shape index (κ1) is 17.6. The number of sulfonamides is 1. The van der Waals surface area contributed by atoms with Crippen LogP contribution in [0.15, 0.2) is 59.5 Å². The zero-order valence-electron chi connectivity index (χ0n) is 13.8. The number of halogens is 1. The van der Waals surface area contributed by atoms with Crippen LogP contribution >= 0.6 is 0 Å². The molecule has 0 aliphatic carbocycles. The second kappa shape index (κ2) is 6.93. The molecule has 1 atom stereocenters. The molecule has 2 aromatic carbocycles. The highest BCUT2D eigenvalue weighted by Gasteiger charge is 2.40. The Morgan fingerprint density at radius 2 is 1.76 bits per heavy atom. The summed E-state index contributed by atoms with van der Waals surface area (Å²) in [6.07, 6.45) is 1.08. The van der Waals surface area contributed by atoms with Gasteiger partial charge in [-0.25, -0.2) is 12.8 Å². The Labute approximate surface area is 146 Å². The van der Waals surface area contributed by atoms with Crippen molar-refractivity contribution in [2.75, 3.05) is 18.5 Å². The number of benzene rings is 2. The number of amides is 1. The first-order valence-electron chi connectivity index (χ1n) is 8.01. The van der Waals surface area contributed by atoms with E-state index in [1.54, 1.807) is 19.2 Å². The van der Waals surface area contributed by atoms with Gasteiger partial charge in [-0.05, 0) is 49.2 Å². The van der Waals surface area contributed by atoms with E-state index < -0.39 is 21.9 Å². The summed E-state index contributed by atoms with van der Waals surface area (Å²) < 4.78 is 40.0. The number of hydrogen-bond acceptors (Lipinski definition) is 3. The normalized spacial score (nSPS) is 18.2. The van der Waals surface area contributed by atoms with Gasteiger partial charge in [0.2, 0.25) is 15.9 Å². The van der Waals surface area contributed by atoms with Gasteiger partial charge in [-0.1, -0.05) is 18.2 Å². The maximum Gasteiger partial charge on any atom is 0.245 e. The van der Waals surface area contributed by atoms with Crippen LogP contribution in [0.1, 0.15) is 12.8 Å². The minimum atomic E-state index is -3.85. The van der Waals surface area contributed by atoms with Crippen LogP contribution in [0.25, 0.3) is 0 Å². The number of hydrogen-bond donors (Lipinski definition) is 0. The first-order valence-corrected chi connectivity index (χ1v) is 9.45. The summed E-state index contributed by atoms with van der Waals surface area (Å²) in [6.45, 7) is 0.277. The monoisotopic (exact) mass is 362 g/mol. The molecule has 0 radical (unpaired) electrons. The summed E-state index contributed by atoms with van der Waals surface area (Å²) in [7, 11) is -2.21. The van der Waals surface area contributed by atoms with Gasteiger partial charge >= 0.3 is 0 Å². The van der Waals surface area contributed by atoms with Gasteiger partial charge in [0.1, 0.15) is 11.9 Å². The Bertz CT molecular complexity index is 854. The van der Waals surface area contributed by atoms with Crippen LogP contribution in [0.4, 0.5) is 10.1 Å². The van der Waals surface area contributed by atoms with Crippen molar-refractivity contribution in [3.8, 4) is 0 Å². The lowest BCUT2D eigenvalue weighted by Crippen LogP contribution is -2.46. The molecule has 7 heteroatoms. The number of para-hydroxylation sites is 1. The van der Waals surface area contributed by atoms with Crippen LogP contribution in [-0.2, 0) is 14.8 Å². The molecule has 1 amide bonds. The van der Waals surface area contributed by atoms with E-state index in [1.807, 2.05) is 18.2 Å². The lowest BCUT2D eigenvalue weighted by molar-refractivity contribution is -0.121. The quantitative estimate of drug-likeness (QED) is 0.840. The number of anilines is 1. The van der Waals surface area contributed by atoms with Crippen molar-refractivity contribution in [1.82, 2.24) is 4.31 Å². The van der Waals surface area contributed by atoms with E-state index >= 15 is 0 Å². The van der Waals surface area contributed by atoms with E-state index in [1.165, 1.54) is 21.3 Å². The van der Waals surface area contributed by atoms with Crippen LogP contribution in [-0.4, -0.2) is 38.3 Å². The molecule has 1 saturated heterocycles. The predicted octanol–water partition coefficient (Wildman–Crippen LogP) is 2.64. The number of rotatable bonds is 4. The highest BCUT2D eigenvalue weighted by Crippen LogP contribution is 2.28. The van der Waals surface area contributed by atoms with E-state index in [4.69, 9.17) is 0 Å². The van der Waals surface area contributed by atoms with E-state index in [0.29, 0.717) is 18.5 Å². The zero-order valence-corrected chi connectivity index (χ0v) is 14.6. The lowest BCUT2D eigenvalue weighted by Gasteiger charge is -2.27. The molecular formula is C18H19FN2O3S. The maximum absolute atomic E-state index is 13.1. The van der Waals surface area contributed by atoms with E-state index in [-0.39, 0.29) is 17.3 Å². The molecule has 5 nitrogen and oxygen atoms in total. The van der Waals surface area contributed by atoms with Gasteiger partial charge in [-0.2, -0.15) is 4.31 Å². The highest BCUT2D eigenvalue weighted by molar-refractivity contribution is 7.89. The second-order valence-corrected chi connectivity index (χ2v) is 7.85. The molecule has 0 saturated carbocycles. The topological polar surface area (TPSA) is 57.7 Å². The summed E-state index contributed by atoms with van der Waals surface area (Å²) >= 11 is 0. The Morgan fingerprint density at radius 1 is 1.12 bits per heavy atom. The van der Waals surface area contributed by atoms with Gasteiger partial charge in [0.05, 0.1) is 4.90 Å². The molecule has 2 aromatic rings. The predicted molar refractivity (Wildman–Crippen MR) is 93.2 cm³/mol. The molecule has 0 aromatic heterocycles. The SMILES string of the molecule is CN(C(=O)C1CCCN1S(=O)(=O)c1ccc(F)cc1)c1ccccc1. The smallest absolute Gasteiger partial charge is 0.245 e. The van der Waals surface area contributed by atoms with Crippen molar-refractivity contribution in [2.45, 2.75) is 23.8 Å². The van der Waals surface area contributed by atoms with E-state index in [0.717, 1.165) is 12.1 Å². The molecule has 25 heavy (non-hydrogen) atoms. The second-order valence-electron chi connectivity index (χ2n) is 5.96. The Morgan fingerprint density at radius 3 is 2.40 bits per heavy atom. The highest BCUT2D eigenvalue weighted by atomic mass is 32.2. The molecule has 0 N–H and O–H groups in total. The molecule has 1 heterocycles. The van der Waals surface area contributed by atoms with Gasteiger partial charge in [0.25, 0.3) is 0 Å². The lowest BCUT2D eigenvalue weighted by atomic mass is 10.2. The molecule has 3 rings (SSSR count). The molecule has 0 spiro atoms. The largest absolute Gasteiger partial charge is 0.314 e. The fraction of sp³-hybridized carbons (Fsp3) is 0.278. The van der Waals surface area contributed by atoms with Crippen molar-refractivity contribution >= 4 is 21.6 Å². The standard InChI is InChI=1S/C18H19FN2O3S/c1-20(15-6-3-2-4-7-15)18(22)17-8-5-13-21(17)25(23,24)16-11-9-14(19)10-12-16/h2-4,6-7,9-12,17H,5,8,13H2,1H3. The van der Waals surface area contributed by atoms with Crippen LogP contribution in [0.3, 0.4) is 0 Å². The molecule has 1 aliphatic heterocycles. The zero-order chi connectivity index (χ0) is 18.0. The third kappa shape index (κ3) is 3.43. The Hall–Kier alpha value is -2.25. The van der Waals surface area contributed by atoms with Crippen LogP contribution in [0.2, 0.25) is 0 Å². The Balaban J connectivity index is 1.87. The van der Waals surface area contributed by atoms with Crippen LogP contribution in [0.5, 0.6) is 0 Å². The van der Waals surface area contributed by atoms with E-state index in [2.05, 4.69) is 0 Å². The molecule has 132 valence electrons. The molecule has 1 aliphatic rings. The summed E-state index contributed by atoms with van der Waals surface area (Å²) in [5, 5.41) is 0. The van der Waals surface area contributed by atoms with Crippen molar-refractivity contribution in [3.05, 3.63) is 60.4 Å². The maximum atomic E-state index is 13.1. The summed E-state index contributed by atoms with van der Waals surface area (Å²) in [5.74, 6) is -0.772. The summed E-state index contributed by atoms with van der Waals surface area (Å²) in [6, 6.07) is 13.0.